The minimum atomic E-state index is 0.573. The summed E-state index contributed by atoms with van der Waals surface area (Å²) in [6.45, 7) is 6.62. The van der Waals surface area contributed by atoms with Gasteiger partial charge in [0.15, 0.2) is 0 Å². The summed E-state index contributed by atoms with van der Waals surface area (Å²) in [4.78, 5) is 4.52. The van der Waals surface area contributed by atoms with Crippen molar-refractivity contribution in [2.24, 2.45) is 0 Å². The number of nitrogens with zero attached hydrogens (tertiary/aromatic N) is 2. The first kappa shape index (κ1) is 11.6. The number of thioether (sulfide) groups is 1. The van der Waals surface area contributed by atoms with Crippen molar-refractivity contribution in [3.8, 4) is 0 Å². The second-order valence-electron chi connectivity index (χ2n) is 4.21. The van der Waals surface area contributed by atoms with Crippen LogP contribution in [0.5, 0.6) is 0 Å². The molecule has 1 aliphatic heterocycles. The topological polar surface area (TPSA) is 29.9 Å². The number of allylic oxidation sites excluding steroid dienone is 1. The van der Waals surface area contributed by atoms with Gasteiger partial charge in [-0.25, -0.2) is 4.98 Å². The molecule has 0 bridgehead atoms. The van der Waals surface area contributed by atoms with Crippen LogP contribution in [0.3, 0.4) is 0 Å². The van der Waals surface area contributed by atoms with E-state index in [1.165, 1.54) is 24.3 Å². The lowest BCUT2D eigenvalue weighted by atomic mass is 10.2. The molecular formula is C12H19N3S. The third-order valence-electron chi connectivity index (χ3n) is 2.72. The Morgan fingerprint density at radius 2 is 2.62 bits per heavy atom. The largest absolute Gasteiger partial charge is 0.352 e. The summed E-state index contributed by atoms with van der Waals surface area (Å²) < 4.78 is 2.13. The molecule has 1 N–H and O–H groups in total. The number of hydrogen-bond acceptors (Lipinski definition) is 3. The molecule has 0 spiro atoms. The van der Waals surface area contributed by atoms with Crippen molar-refractivity contribution in [3.05, 3.63) is 24.5 Å². The maximum absolute atomic E-state index is 4.52. The van der Waals surface area contributed by atoms with Gasteiger partial charge in [-0.2, -0.15) is 11.8 Å². The van der Waals surface area contributed by atoms with Crippen LogP contribution in [0.2, 0.25) is 0 Å². The molecule has 1 unspecified atom stereocenters. The molecular weight excluding hydrogens is 218 g/mol. The highest BCUT2D eigenvalue weighted by molar-refractivity contribution is 7.99. The fourth-order valence-electron chi connectivity index (χ4n) is 1.98. The summed E-state index contributed by atoms with van der Waals surface area (Å²) in [6.07, 6.45) is 6.54. The maximum atomic E-state index is 4.52. The summed E-state index contributed by atoms with van der Waals surface area (Å²) >= 11 is 2.03. The quantitative estimate of drug-likeness (QED) is 0.817. The van der Waals surface area contributed by atoms with Crippen LogP contribution < -0.4 is 5.32 Å². The lowest BCUT2D eigenvalue weighted by molar-refractivity contribution is 0.669. The zero-order chi connectivity index (χ0) is 11.4. The minimum absolute atomic E-state index is 0.573. The summed E-state index contributed by atoms with van der Waals surface area (Å²) in [5.41, 5.74) is 1.06. The van der Waals surface area contributed by atoms with Gasteiger partial charge >= 0.3 is 0 Å². The molecule has 1 fully saturated rings. The number of hydrogen-bond donors (Lipinski definition) is 1. The lowest BCUT2D eigenvalue weighted by Crippen LogP contribution is -2.27. The molecule has 1 aromatic rings. The smallest absolute Gasteiger partial charge is 0.203 e. The third kappa shape index (κ3) is 2.82. The Hall–Kier alpha value is -0.900. The van der Waals surface area contributed by atoms with E-state index in [0.717, 1.165) is 18.2 Å². The Balaban J connectivity index is 2.03. The van der Waals surface area contributed by atoms with E-state index in [0.29, 0.717) is 6.04 Å². The average Bonchev–Trinajstić information content (AvgIpc) is 2.61. The number of anilines is 1. The Labute approximate surface area is 101 Å². The Bertz CT molecular complexity index is 353. The van der Waals surface area contributed by atoms with Gasteiger partial charge in [0.2, 0.25) is 5.95 Å². The summed E-state index contributed by atoms with van der Waals surface area (Å²) in [7, 11) is 0. The van der Waals surface area contributed by atoms with E-state index < -0.39 is 0 Å². The van der Waals surface area contributed by atoms with E-state index >= 15 is 0 Å². The van der Waals surface area contributed by atoms with E-state index in [1.54, 1.807) is 0 Å². The van der Waals surface area contributed by atoms with Crippen LogP contribution >= 0.6 is 11.8 Å². The molecule has 1 saturated heterocycles. The number of nitrogens with one attached hydrogen (secondary N) is 1. The molecule has 1 aliphatic rings. The van der Waals surface area contributed by atoms with Gasteiger partial charge in [-0.1, -0.05) is 6.08 Å². The van der Waals surface area contributed by atoms with Crippen LogP contribution in [0.1, 0.15) is 18.5 Å². The van der Waals surface area contributed by atoms with Gasteiger partial charge in [-0.3, -0.25) is 0 Å². The van der Waals surface area contributed by atoms with Gasteiger partial charge in [0.25, 0.3) is 0 Å². The fourth-order valence-corrected chi connectivity index (χ4v) is 3.05. The van der Waals surface area contributed by atoms with Crippen molar-refractivity contribution in [1.29, 1.82) is 0 Å². The van der Waals surface area contributed by atoms with E-state index in [9.17, 15) is 0 Å². The van der Waals surface area contributed by atoms with Gasteiger partial charge in [0.05, 0.1) is 5.69 Å². The highest BCUT2D eigenvalue weighted by Crippen LogP contribution is 2.20. The number of aromatic nitrogens is 2. The van der Waals surface area contributed by atoms with Crippen molar-refractivity contribution in [1.82, 2.24) is 9.55 Å². The van der Waals surface area contributed by atoms with Crippen molar-refractivity contribution in [2.45, 2.75) is 32.4 Å². The first-order valence-electron chi connectivity index (χ1n) is 5.78. The molecule has 16 heavy (non-hydrogen) atoms. The molecule has 0 aliphatic carbocycles. The van der Waals surface area contributed by atoms with Gasteiger partial charge in [0.1, 0.15) is 0 Å². The zero-order valence-electron chi connectivity index (χ0n) is 9.78. The molecule has 1 aromatic heterocycles. The zero-order valence-corrected chi connectivity index (χ0v) is 10.6. The van der Waals surface area contributed by atoms with Crippen LogP contribution in [0, 0.1) is 6.92 Å². The molecule has 1 atom stereocenters. The Kier molecular flexibility index (Phi) is 3.93. The fraction of sp³-hybridized carbons (Fsp3) is 0.583. The van der Waals surface area contributed by atoms with Crippen molar-refractivity contribution in [2.75, 3.05) is 16.8 Å². The predicted octanol–water partition coefficient (Wildman–Crippen LogP) is 2.69. The van der Waals surface area contributed by atoms with Crippen molar-refractivity contribution >= 4 is 17.7 Å². The second-order valence-corrected chi connectivity index (χ2v) is 5.36. The third-order valence-corrected chi connectivity index (χ3v) is 3.93. The molecule has 2 rings (SSSR count). The number of rotatable bonds is 4. The number of aryl methyl sites for hydroxylation is 1. The van der Waals surface area contributed by atoms with Crippen LogP contribution in [0.4, 0.5) is 5.95 Å². The van der Waals surface area contributed by atoms with E-state index in [-0.39, 0.29) is 0 Å². The Morgan fingerprint density at radius 3 is 3.31 bits per heavy atom. The van der Waals surface area contributed by atoms with E-state index in [2.05, 4.69) is 27.6 Å². The van der Waals surface area contributed by atoms with Crippen LogP contribution in [0.25, 0.3) is 0 Å². The number of imidazole rings is 1. The van der Waals surface area contributed by atoms with Crippen LogP contribution in [-0.2, 0) is 6.54 Å². The van der Waals surface area contributed by atoms with E-state index in [1.807, 2.05) is 24.8 Å². The van der Waals surface area contributed by atoms with Crippen molar-refractivity contribution < 1.29 is 0 Å². The molecule has 4 heteroatoms. The molecule has 0 aromatic carbocycles. The van der Waals surface area contributed by atoms with Gasteiger partial charge in [-0.05, 0) is 25.5 Å². The molecule has 88 valence electrons. The minimum Gasteiger partial charge on any atom is -0.352 e. The average molecular weight is 237 g/mol. The second kappa shape index (κ2) is 5.43. The van der Waals surface area contributed by atoms with Gasteiger partial charge in [0, 0.05) is 24.5 Å². The van der Waals surface area contributed by atoms with Gasteiger partial charge in [-0.15, -0.1) is 6.58 Å². The maximum Gasteiger partial charge on any atom is 0.203 e. The van der Waals surface area contributed by atoms with Crippen LogP contribution in [-0.4, -0.2) is 27.1 Å². The predicted molar refractivity (Wildman–Crippen MR) is 71.1 cm³/mol. The monoisotopic (exact) mass is 237 g/mol. The summed E-state index contributed by atoms with van der Waals surface area (Å²) in [6, 6.07) is 0.573. The summed E-state index contributed by atoms with van der Waals surface area (Å²) in [5.74, 6) is 3.49. The SMILES string of the molecule is C=CCn1cc(C)nc1NC1CCCSC1. The molecule has 0 radical (unpaired) electrons. The lowest BCUT2D eigenvalue weighted by Gasteiger charge is -2.23. The molecule has 3 nitrogen and oxygen atoms in total. The first-order valence-corrected chi connectivity index (χ1v) is 6.94. The standard InChI is InChI=1S/C12H19N3S/c1-3-6-15-8-10(2)13-12(15)14-11-5-4-7-16-9-11/h3,8,11H,1,4-7,9H2,2H3,(H,13,14). The van der Waals surface area contributed by atoms with Gasteiger partial charge < -0.3 is 9.88 Å². The van der Waals surface area contributed by atoms with Crippen LogP contribution in [0.15, 0.2) is 18.9 Å². The molecule has 0 saturated carbocycles. The molecule has 2 heterocycles. The normalized spacial score (nSPS) is 20.7. The highest BCUT2D eigenvalue weighted by atomic mass is 32.2. The van der Waals surface area contributed by atoms with E-state index in [4.69, 9.17) is 0 Å². The van der Waals surface area contributed by atoms with Crippen molar-refractivity contribution in [3.63, 3.8) is 0 Å². The Morgan fingerprint density at radius 1 is 1.75 bits per heavy atom. The molecule has 0 amide bonds. The first-order chi connectivity index (χ1) is 7.79. The summed E-state index contributed by atoms with van der Waals surface area (Å²) in [5, 5.41) is 3.54. The highest BCUT2D eigenvalue weighted by Gasteiger charge is 2.15.